The summed E-state index contributed by atoms with van der Waals surface area (Å²) in [6.45, 7) is 5.32. The number of anilines is 2. The minimum atomic E-state index is -3.38. The van der Waals surface area contributed by atoms with Crippen LogP contribution >= 0.6 is 0 Å². The van der Waals surface area contributed by atoms with Gasteiger partial charge in [-0.15, -0.1) is 0 Å². The van der Waals surface area contributed by atoms with E-state index in [1.807, 2.05) is 19.9 Å². The largest absolute Gasteiger partial charge is 0.374 e. The maximum Gasteiger partial charge on any atom is 0.249 e. The van der Waals surface area contributed by atoms with Crippen molar-refractivity contribution in [1.29, 1.82) is 0 Å². The van der Waals surface area contributed by atoms with Crippen molar-refractivity contribution in [2.45, 2.75) is 26.8 Å². The van der Waals surface area contributed by atoms with E-state index in [0.717, 1.165) is 11.8 Å². The molecule has 1 heterocycles. The molecule has 0 radical (unpaired) electrons. The third kappa shape index (κ3) is 4.66. The third-order valence-electron chi connectivity index (χ3n) is 4.16. The summed E-state index contributed by atoms with van der Waals surface area (Å²) in [5.41, 5.74) is 3.04. The van der Waals surface area contributed by atoms with E-state index in [2.05, 4.69) is 20.2 Å². The van der Waals surface area contributed by atoms with Crippen molar-refractivity contribution in [3.8, 4) is 11.4 Å². The van der Waals surface area contributed by atoms with Crippen molar-refractivity contribution in [3.63, 3.8) is 0 Å². The smallest absolute Gasteiger partial charge is 0.249 e. The van der Waals surface area contributed by atoms with E-state index < -0.39 is 10.0 Å². The zero-order valence-electron chi connectivity index (χ0n) is 15.9. The first kappa shape index (κ1) is 19.8. The first-order valence-electron chi connectivity index (χ1n) is 8.57. The van der Waals surface area contributed by atoms with Crippen LogP contribution in [0.1, 0.15) is 30.0 Å². The van der Waals surface area contributed by atoms with E-state index in [4.69, 9.17) is 4.52 Å². The van der Waals surface area contributed by atoms with Crippen LogP contribution in [0, 0.1) is 19.7 Å². The second-order valence-electron chi connectivity index (χ2n) is 6.69. The number of nitrogens with one attached hydrogen (secondary N) is 2. The summed E-state index contributed by atoms with van der Waals surface area (Å²) in [5.74, 6) is 0.292. The summed E-state index contributed by atoms with van der Waals surface area (Å²) in [4.78, 5) is 4.33. The molecular formula is C19H21FN4O3S. The number of hydrogen-bond donors (Lipinski definition) is 2. The van der Waals surface area contributed by atoms with Gasteiger partial charge in [-0.1, -0.05) is 23.4 Å². The van der Waals surface area contributed by atoms with Crippen molar-refractivity contribution in [1.82, 2.24) is 10.1 Å². The van der Waals surface area contributed by atoms with Gasteiger partial charge in [0.05, 0.1) is 11.9 Å². The fraction of sp³-hybridized carbons (Fsp3) is 0.263. The molecule has 3 rings (SSSR count). The number of hydrogen-bond acceptors (Lipinski definition) is 6. The molecule has 1 atom stereocenters. The minimum absolute atomic E-state index is 0.297. The van der Waals surface area contributed by atoms with Crippen LogP contribution in [-0.2, 0) is 10.0 Å². The molecule has 2 aromatic carbocycles. The molecular weight excluding hydrogens is 383 g/mol. The van der Waals surface area contributed by atoms with Gasteiger partial charge in [-0.05, 0) is 50.1 Å². The van der Waals surface area contributed by atoms with Crippen LogP contribution in [0.3, 0.4) is 0 Å². The van der Waals surface area contributed by atoms with Crippen LogP contribution in [0.4, 0.5) is 15.8 Å². The van der Waals surface area contributed by atoms with E-state index in [0.29, 0.717) is 34.2 Å². The molecule has 28 heavy (non-hydrogen) atoms. The Morgan fingerprint density at radius 3 is 2.50 bits per heavy atom. The highest BCUT2D eigenvalue weighted by molar-refractivity contribution is 7.92. The zero-order valence-corrected chi connectivity index (χ0v) is 16.8. The Balaban J connectivity index is 1.78. The van der Waals surface area contributed by atoms with Gasteiger partial charge in [0.15, 0.2) is 0 Å². The number of sulfonamides is 1. The second kappa shape index (κ2) is 7.59. The lowest BCUT2D eigenvalue weighted by Crippen LogP contribution is -2.12. The molecule has 0 aliphatic heterocycles. The van der Waals surface area contributed by atoms with Crippen molar-refractivity contribution in [2.24, 2.45) is 0 Å². The Labute approximate surface area is 163 Å². The molecule has 3 aromatic rings. The van der Waals surface area contributed by atoms with Gasteiger partial charge in [0.2, 0.25) is 21.7 Å². The van der Waals surface area contributed by atoms with Gasteiger partial charge in [-0.25, -0.2) is 12.8 Å². The van der Waals surface area contributed by atoms with Crippen molar-refractivity contribution in [3.05, 3.63) is 59.2 Å². The molecule has 0 bridgehead atoms. The van der Waals surface area contributed by atoms with E-state index in [1.165, 1.54) is 6.07 Å². The van der Waals surface area contributed by atoms with E-state index in [-0.39, 0.29) is 11.9 Å². The monoisotopic (exact) mass is 404 g/mol. The molecule has 148 valence electrons. The second-order valence-corrected chi connectivity index (χ2v) is 8.44. The maximum absolute atomic E-state index is 13.8. The van der Waals surface area contributed by atoms with Gasteiger partial charge in [0.25, 0.3) is 0 Å². The van der Waals surface area contributed by atoms with Gasteiger partial charge in [-0.3, -0.25) is 4.72 Å². The van der Waals surface area contributed by atoms with Crippen molar-refractivity contribution < 1.29 is 17.3 Å². The number of aromatic nitrogens is 2. The highest BCUT2D eigenvalue weighted by Gasteiger charge is 2.16. The predicted octanol–water partition coefficient (Wildman–Crippen LogP) is 4.04. The molecule has 9 heteroatoms. The quantitative estimate of drug-likeness (QED) is 0.644. The third-order valence-corrected chi connectivity index (χ3v) is 4.75. The minimum Gasteiger partial charge on any atom is -0.374 e. The van der Waals surface area contributed by atoms with Crippen LogP contribution in [0.15, 0.2) is 40.9 Å². The summed E-state index contributed by atoms with van der Waals surface area (Å²) in [7, 11) is -3.38. The zero-order chi connectivity index (χ0) is 20.5. The van der Waals surface area contributed by atoms with E-state index in [1.54, 1.807) is 31.2 Å². The Hall–Kier alpha value is -2.94. The number of rotatable bonds is 6. The molecule has 0 aliphatic carbocycles. The number of nitrogens with zero attached hydrogens (tertiary/aromatic N) is 2. The van der Waals surface area contributed by atoms with E-state index >= 15 is 0 Å². The lowest BCUT2D eigenvalue weighted by molar-refractivity contribution is 0.368. The Morgan fingerprint density at radius 2 is 1.82 bits per heavy atom. The van der Waals surface area contributed by atoms with Gasteiger partial charge in [-0.2, -0.15) is 4.98 Å². The van der Waals surface area contributed by atoms with Crippen LogP contribution in [0.2, 0.25) is 0 Å². The summed E-state index contributed by atoms with van der Waals surface area (Å²) >= 11 is 0. The van der Waals surface area contributed by atoms with Crippen molar-refractivity contribution >= 4 is 21.4 Å². The molecule has 0 fully saturated rings. The number of aryl methyl sites for hydroxylation is 2. The molecule has 0 saturated heterocycles. The highest BCUT2D eigenvalue weighted by atomic mass is 32.2. The van der Waals surface area contributed by atoms with Crippen LogP contribution in [0.25, 0.3) is 11.4 Å². The van der Waals surface area contributed by atoms with Gasteiger partial charge < -0.3 is 9.84 Å². The molecule has 0 saturated carbocycles. The molecule has 0 aliphatic rings. The first-order chi connectivity index (χ1) is 13.1. The molecule has 2 N–H and O–H groups in total. The summed E-state index contributed by atoms with van der Waals surface area (Å²) in [6.07, 6.45) is 1.10. The lowest BCUT2D eigenvalue weighted by Gasteiger charge is -2.14. The maximum atomic E-state index is 13.8. The summed E-state index contributed by atoms with van der Waals surface area (Å²) < 4.78 is 44.5. The average molecular weight is 404 g/mol. The van der Waals surface area contributed by atoms with Gasteiger partial charge in [0, 0.05) is 11.3 Å². The first-order valence-corrected chi connectivity index (χ1v) is 10.5. The number of benzene rings is 2. The topological polar surface area (TPSA) is 97.1 Å². The summed E-state index contributed by atoms with van der Waals surface area (Å²) in [5, 5.41) is 7.11. The SMILES string of the molecule is Cc1ccc(-c2noc(C(C)Nc3ccc(C)c(NS(C)(=O)=O)c3)n2)cc1F. The normalized spacial score (nSPS) is 12.6. The van der Waals surface area contributed by atoms with Gasteiger partial charge in [0.1, 0.15) is 11.9 Å². The molecule has 0 spiro atoms. The molecule has 1 aromatic heterocycles. The van der Waals surface area contributed by atoms with Crippen LogP contribution in [-0.4, -0.2) is 24.8 Å². The lowest BCUT2D eigenvalue weighted by atomic mass is 10.1. The van der Waals surface area contributed by atoms with Crippen LogP contribution in [0.5, 0.6) is 0 Å². The standard InChI is InChI=1S/C19H21FN4O3S/c1-11-5-7-14(9-16(11)20)18-22-19(27-23-18)13(3)21-15-8-6-12(2)17(10-15)24-28(4,25)26/h5-10,13,21,24H,1-4H3. The molecule has 0 amide bonds. The predicted molar refractivity (Wildman–Crippen MR) is 106 cm³/mol. The molecule has 7 nitrogen and oxygen atoms in total. The van der Waals surface area contributed by atoms with Crippen molar-refractivity contribution in [2.75, 3.05) is 16.3 Å². The fourth-order valence-corrected chi connectivity index (χ4v) is 3.21. The van der Waals surface area contributed by atoms with E-state index in [9.17, 15) is 12.8 Å². The van der Waals surface area contributed by atoms with Crippen LogP contribution < -0.4 is 10.0 Å². The summed E-state index contributed by atoms with van der Waals surface area (Å²) in [6, 6.07) is 9.73. The number of halogens is 1. The Bertz CT molecular complexity index is 1110. The average Bonchev–Trinajstić information content (AvgIpc) is 3.09. The Kier molecular flexibility index (Phi) is 5.37. The van der Waals surface area contributed by atoms with Gasteiger partial charge >= 0.3 is 0 Å². The fourth-order valence-electron chi connectivity index (χ4n) is 2.59. The highest BCUT2D eigenvalue weighted by Crippen LogP contribution is 2.26. The molecule has 1 unspecified atom stereocenters. The Morgan fingerprint density at radius 1 is 1.11 bits per heavy atom.